The Kier molecular flexibility index (Phi) is 10.3. The molecule has 2 aromatic rings. The summed E-state index contributed by atoms with van der Waals surface area (Å²) in [4.78, 5) is 30.9. The van der Waals surface area contributed by atoms with Crippen molar-refractivity contribution in [3.05, 3.63) is 65.7 Å². The predicted octanol–water partition coefficient (Wildman–Crippen LogP) is 3.97. The molecule has 2 aromatic carbocycles. The number of carbonyl (C=O) groups is 2. The molecule has 0 saturated carbocycles. The number of nitrogens with zero attached hydrogens (tertiary/aromatic N) is 2. The minimum Gasteiger partial charge on any atom is -0.342 e. The van der Waals surface area contributed by atoms with E-state index in [4.69, 9.17) is 0 Å². The van der Waals surface area contributed by atoms with Crippen LogP contribution < -0.4 is 10.0 Å². The molecule has 12 heteroatoms. The Morgan fingerprint density at radius 1 is 0.976 bits per heavy atom. The molecule has 0 aromatic heterocycles. The predicted molar refractivity (Wildman–Crippen MR) is 153 cm³/mol. The van der Waals surface area contributed by atoms with Gasteiger partial charge in [-0.25, -0.2) is 13.1 Å². The Morgan fingerprint density at radius 3 is 2.26 bits per heavy atom. The first-order valence-corrected chi connectivity index (χ1v) is 16.0. The van der Waals surface area contributed by atoms with Gasteiger partial charge in [0.25, 0.3) is 0 Å². The second kappa shape index (κ2) is 13.6. The minimum atomic E-state index is -4.55. The van der Waals surface area contributed by atoms with Gasteiger partial charge in [0.15, 0.2) is 0 Å². The fourth-order valence-electron chi connectivity index (χ4n) is 5.78. The third-order valence-corrected chi connectivity index (χ3v) is 9.68. The fourth-order valence-corrected chi connectivity index (χ4v) is 6.86. The molecule has 2 heterocycles. The van der Waals surface area contributed by atoms with Crippen molar-refractivity contribution >= 4 is 21.8 Å². The van der Waals surface area contributed by atoms with E-state index in [2.05, 4.69) is 27.1 Å². The van der Waals surface area contributed by atoms with Gasteiger partial charge in [-0.05, 0) is 74.8 Å². The largest absolute Gasteiger partial charge is 0.416 e. The Bertz CT molecular complexity index is 1310. The van der Waals surface area contributed by atoms with Crippen LogP contribution in [0.3, 0.4) is 0 Å². The highest BCUT2D eigenvalue weighted by atomic mass is 32.2. The molecule has 2 aliphatic rings. The van der Waals surface area contributed by atoms with Crippen LogP contribution in [0.2, 0.25) is 0 Å². The summed E-state index contributed by atoms with van der Waals surface area (Å²) in [6.45, 7) is 4.91. The number of amides is 2. The highest BCUT2D eigenvalue weighted by molar-refractivity contribution is 7.89. The Balaban J connectivity index is 1.26. The van der Waals surface area contributed by atoms with E-state index < -0.39 is 33.3 Å². The second-order valence-corrected chi connectivity index (χ2v) is 12.8. The topological polar surface area (TPSA) is 98.8 Å². The van der Waals surface area contributed by atoms with Crippen molar-refractivity contribution in [3.8, 4) is 0 Å². The number of alkyl halides is 3. The molecular weight excluding hydrogens is 569 g/mol. The zero-order valence-electron chi connectivity index (χ0n) is 23.8. The molecule has 2 N–H and O–H groups in total. The van der Waals surface area contributed by atoms with Crippen molar-refractivity contribution in [2.45, 2.75) is 74.5 Å². The van der Waals surface area contributed by atoms with Gasteiger partial charge in [0, 0.05) is 32.7 Å². The number of halogens is 3. The molecule has 1 spiro atoms. The summed E-state index contributed by atoms with van der Waals surface area (Å²) in [5, 5.41) is 2.96. The summed E-state index contributed by atoms with van der Waals surface area (Å²) in [7, 11) is -3.97. The number of hydrogen-bond acceptors (Lipinski definition) is 5. The SMILES string of the molecule is CCCN1C(=O)[C@H](CCCCNS(=O)(=O)c2ccc(C(F)(F)F)cc2)NC(=O)C12CCN(CCc1ccccc1)CC2. The molecule has 2 saturated heterocycles. The van der Waals surface area contributed by atoms with E-state index in [1.807, 2.05) is 25.1 Å². The average molecular weight is 609 g/mol. The standard InChI is InChI=1S/C30H39F3N4O4S/c1-2-19-37-27(38)26(10-6-7-18-34-42(40,41)25-13-11-24(12-14-25)30(31,32)33)35-28(39)29(37)16-21-36(22-17-29)20-15-23-8-4-3-5-9-23/h3-5,8-9,11-14,26,34H,2,6-7,10,15-22H2,1H3,(H,35,39)/t26-/m0/s1. The highest BCUT2D eigenvalue weighted by Crippen LogP contribution is 2.34. The maximum atomic E-state index is 13.5. The van der Waals surface area contributed by atoms with Gasteiger partial charge in [0.2, 0.25) is 21.8 Å². The van der Waals surface area contributed by atoms with Gasteiger partial charge in [-0.15, -0.1) is 0 Å². The molecule has 42 heavy (non-hydrogen) atoms. The number of sulfonamides is 1. The minimum absolute atomic E-state index is 0.0552. The number of piperazine rings is 1. The lowest BCUT2D eigenvalue weighted by Crippen LogP contribution is -2.72. The zero-order chi connectivity index (χ0) is 30.4. The number of nitrogens with one attached hydrogen (secondary N) is 2. The number of unbranched alkanes of at least 4 members (excludes halogenated alkanes) is 1. The van der Waals surface area contributed by atoms with Gasteiger partial charge in [0.1, 0.15) is 11.6 Å². The van der Waals surface area contributed by atoms with Crippen LogP contribution in [0.4, 0.5) is 13.2 Å². The zero-order valence-corrected chi connectivity index (χ0v) is 24.6. The Labute approximate surface area is 245 Å². The van der Waals surface area contributed by atoms with E-state index in [0.29, 0.717) is 38.6 Å². The van der Waals surface area contributed by atoms with Gasteiger partial charge >= 0.3 is 6.18 Å². The quantitative estimate of drug-likeness (QED) is 0.356. The number of rotatable bonds is 12. The average Bonchev–Trinajstić information content (AvgIpc) is 2.97. The molecule has 0 aliphatic carbocycles. The first kappa shape index (κ1) is 32.0. The summed E-state index contributed by atoms with van der Waals surface area (Å²) in [5.41, 5.74) is -0.496. The third kappa shape index (κ3) is 7.51. The van der Waals surface area contributed by atoms with E-state index in [1.165, 1.54) is 5.56 Å². The van der Waals surface area contributed by atoms with E-state index >= 15 is 0 Å². The molecule has 2 aliphatic heterocycles. The molecule has 2 amide bonds. The number of hydrogen-bond donors (Lipinski definition) is 2. The van der Waals surface area contributed by atoms with E-state index in [0.717, 1.165) is 56.7 Å². The molecule has 0 unspecified atom stereocenters. The molecule has 0 bridgehead atoms. The number of carbonyl (C=O) groups excluding carboxylic acids is 2. The molecule has 8 nitrogen and oxygen atoms in total. The maximum Gasteiger partial charge on any atom is 0.416 e. The van der Waals surface area contributed by atoms with Gasteiger partial charge in [-0.3, -0.25) is 9.59 Å². The summed E-state index contributed by atoms with van der Waals surface area (Å²) in [5.74, 6) is -0.217. The number of benzene rings is 2. The van der Waals surface area contributed by atoms with Crippen LogP contribution in [-0.2, 0) is 32.2 Å². The van der Waals surface area contributed by atoms with Crippen molar-refractivity contribution in [1.82, 2.24) is 19.8 Å². The summed E-state index contributed by atoms with van der Waals surface area (Å²) in [6.07, 6.45) is -0.478. The van der Waals surface area contributed by atoms with Crippen LogP contribution in [0.25, 0.3) is 0 Å². The van der Waals surface area contributed by atoms with Crippen molar-refractivity contribution in [2.75, 3.05) is 32.7 Å². The van der Waals surface area contributed by atoms with Crippen LogP contribution in [-0.4, -0.2) is 74.3 Å². The van der Waals surface area contributed by atoms with E-state index in [-0.39, 0.29) is 23.3 Å². The van der Waals surface area contributed by atoms with Gasteiger partial charge in [-0.2, -0.15) is 13.2 Å². The molecule has 4 rings (SSSR count). The second-order valence-electron chi connectivity index (χ2n) is 11.0. The Hall–Kier alpha value is -2.96. The van der Waals surface area contributed by atoms with Crippen molar-refractivity contribution in [3.63, 3.8) is 0 Å². The summed E-state index contributed by atoms with van der Waals surface area (Å²) >= 11 is 0. The van der Waals surface area contributed by atoms with Crippen LogP contribution in [0.15, 0.2) is 59.5 Å². The third-order valence-electron chi connectivity index (χ3n) is 8.20. The highest BCUT2D eigenvalue weighted by Gasteiger charge is 2.53. The first-order chi connectivity index (χ1) is 20.0. The van der Waals surface area contributed by atoms with Crippen molar-refractivity contribution in [1.29, 1.82) is 0 Å². The molecule has 2 fully saturated rings. The van der Waals surface area contributed by atoms with E-state index in [9.17, 15) is 31.2 Å². The smallest absolute Gasteiger partial charge is 0.342 e. The van der Waals surface area contributed by atoms with Crippen LogP contribution in [0, 0.1) is 0 Å². The lowest BCUT2D eigenvalue weighted by atomic mass is 9.81. The summed E-state index contributed by atoms with van der Waals surface area (Å²) in [6, 6.07) is 12.9. The molecule has 0 radical (unpaired) electrons. The van der Waals surface area contributed by atoms with Crippen LogP contribution >= 0.6 is 0 Å². The Morgan fingerprint density at radius 2 is 1.64 bits per heavy atom. The van der Waals surface area contributed by atoms with E-state index in [1.54, 1.807) is 4.90 Å². The van der Waals surface area contributed by atoms with Gasteiger partial charge in [0.05, 0.1) is 10.5 Å². The summed E-state index contributed by atoms with van der Waals surface area (Å²) < 4.78 is 65.6. The monoisotopic (exact) mass is 608 g/mol. The molecular formula is C30H39F3N4O4S. The number of likely N-dealkylation sites (tertiary alicyclic amines) is 1. The maximum absolute atomic E-state index is 13.5. The molecule has 230 valence electrons. The lowest BCUT2D eigenvalue weighted by Gasteiger charge is -2.51. The molecule has 1 atom stereocenters. The van der Waals surface area contributed by atoms with Crippen molar-refractivity contribution < 1.29 is 31.2 Å². The van der Waals surface area contributed by atoms with Crippen molar-refractivity contribution in [2.24, 2.45) is 0 Å². The van der Waals surface area contributed by atoms with Gasteiger partial charge in [-0.1, -0.05) is 37.3 Å². The fraction of sp³-hybridized carbons (Fsp3) is 0.533. The number of piperidine rings is 1. The van der Waals surface area contributed by atoms with Gasteiger partial charge < -0.3 is 15.1 Å². The van der Waals surface area contributed by atoms with Crippen LogP contribution in [0.1, 0.15) is 56.6 Å². The first-order valence-electron chi connectivity index (χ1n) is 14.5. The lowest BCUT2D eigenvalue weighted by molar-refractivity contribution is -0.161. The normalized spacial score (nSPS) is 19.7. The van der Waals surface area contributed by atoms with Crippen LogP contribution in [0.5, 0.6) is 0 Å².